The summed E-state index contributed by atoms with van der Waals surface area (Å²) in [5, 5.41) is 8.68. The molecule has 1 amide bonds. The third-order valence-corrected chi connectivity index (χ3v) is 4.06. The van der Waals surface area contributed by atoms with E-state index in [4.69, 9.17) is 9.84 Å². The summed E-state index contributed by atoms with van der Waals surface area (Å²) in [5.41, 5.74) is 0. The third-order valence-electron chi connectivity index (χ3n) is 3.56. The second-order valence-electron chi connectivity index (χ2n) is 5.17. The summed E-state index contributed by atoms with van der Waals surface area (Å²) in [5.74, 6) is 0.112. The van der Waals surface area contributed by atoms with Crippen molar-refractivity contribution in [2.75, 3.05) is 19.7 Å². The van der Waals surface area contributed by atoms with Gasteiger partial charge in [-0.2, -0.15) is 0 Å². The molecular weight excluding hydrogens is 338 g/mol. The van der Waals surface area contributed by atoms with Crippen LogP contribution in [0.25, 0.3) is 0 Å². The highest BCUT2D eigenvalue weighted by Gasteiger charge is 2.26. The minimum atomic E-state index is -0.780. The van der Waals surface area contributed by atoms with E-state index in [1.54, 1.807) is 11.0 Å². The van der Waals surface area contributed by atoms with Crippen LogP contribution >= 0.6 is 15.9 Å². The highest BCUT2D eigenvalue weighted by atomic mass is 79.9. The molecule has 1 aliphatic rings. The molecular formula is C15H18BrNO4. The van der Waals surface area contributed by atoms with Crippen LogP contribution in [-0.4, -0.2) is 41.6 Å². The smallest absolute Gasteiger partial charge is 0.303 e. The van der Waals surface area contributed by atoms with Crippen LogP contribution < -0.4 is 4.74 Å². The zero-order valence-electron chi connectivity index (χ0n) is 11.6. The van der Waals surface area contributed by atoms with Crippen LogP contribution in [0.2, 0.25) is 0 Å². The van der Waals surface area contributed by atoms with Crippen LogP contribution in [0.5, 0.6) is 5.75 Å². The van der Waals surface area contributed by atoms with Gasteiger partial charge in [-0.05, 0) is 37.0 Å². The monoisotopic (exact) mass is 355 g/mol. The van der Waals surface area contributed by atoms with Crippen molar-refractivity contribution in [1.29, 1.82) is 0 Å². The Morgan fingerprint density at radius 3 is 2.95 bits per heavy atom. The largest absolute Gasteiger partial charge is 0.484 e. The average molecular weight is 356 g/mol. The molecule has 1 atom stereocenters. The van der Waals surface area contributed by atoms with Crippen molar-refractivity contribution < 1.29 is 19.4 Å². The minimum absolute atomic E-state index is 0.0160. The third kappa shape index (κ3) is 5.04. The van der Waals surface area contributed by atoms with E-state index in [0.717, 1.165) is 10.9 Å². The Labute approximate surface area is 132 Å². The number of amides is 1. The van der Waals surface area contributed by atoms with Gasteiger partial charge in [-0.25, -0.2) is 0 Å². The average Bonchev–Trinajstić information content (AvgIpc) is 2.91. The number of ether oxygens (including phenoxy) is 1. The number of aliphatic carboxylic acids is 1. The number of rotatable bonds is 6. The Morgan fingerprint density at radius 1 is 1.43 bits per heavy atom. The van der Waals surface area contributed by atoms with E-state index in [9.17, 15) is 9.59 Å². The molecule has 0 aliphatic carbocycles. The number of hydrogen-bond donors (Lipinski definition) is 1. The van der Waals surface area contributed by atoms with Gasteiger partial charge in [-0.1, -0.05) is 22.0 Å². The number of hydrogen-bond acceptors (Lipinski definition) is 3. The van der Waals surface area contributed by atoms with Gasteiger partial charge in [0.25, 0.3) is 5.91 Å². The second kappa shape index (κ2) is 7.45. The van der Waals surface area contributed by atoms with Gasteiger partial charge in [0.2, 0.25) is 0 Å². The number of likely N-dealkylation sites (tertiary alicyclic amines) is 1. The van der Waals surface area contributed by atoms with Gasteiger partial charge < -0.3 is 14.7 Å². The Hall–Kier alpha value is -1.56. The molecule has 0 spiro atoms. The van der Waals surface area contributed by atoms with Crippen LogP contribution in [0.15, 0.2) is 28.7 Å². The molecule has 1 fully saturated rings. The molecule has 1 unspecified atom stereocenters. The number of carboxylic acid groups (broad SMARTS) is 1. The Bertz CT molecular complexity index is 520. The number of carbonyl (C=O) groups is 2. The molecule has 1 aromatic carbocycles. The molecule has 2 rings (SSSR count). The zero-order chi connectivity index (χ0) is 15.2. The van der Waals surface area contributed by atoms with Crippen molar-refractivity contribution in [2.45, 2.75) is 19.3 Å². The lowest BCUT2D eigenvalue weighted by molar-refractivity contribution is -0.137. The second-order valence-corrected chi connectivity index (χ2v) is 6.09. The maximum Gasteiger partial charge on any atom is 0.303 e. The van der Waals surface area contributed by atoms with Crippen LogP contribution in [0, 0.1) is 5.92 Å². The first kappa shape index (κ1) is 15.8. The minimum Gasteiger partial charge on any atom is -0.484 e. The fourth-order valence-electron chi connectivity index (χ4n) is 2.42. The van der Waals surface area contributed by atoms with Crippen LogP contribution in [0.1, 0.15) is 19.3 Å². The molecule has 5 nitrogen and oxygen atoms in total. The number of halogens is 1. The molecule has 0 aromatic heterocycles. The predicted molar refractivity (Wildman–Crippen MR) is 81.2 cm³/mol. The summed E-state index contributed by atoms with van der Waals surface area (Å²) in [6.45, 7) is 1.33. The van der Waals surface area contributed by atoms with Crippen molar-refractivity contribution in [2.24, 2.45) is 5.92 Å². The maximum absolute atomic E-state index is 12.1. The summed E-state index contributed by atoms with van der Waals surface area (Å²) in [4.78, 5) is 24.4. The van der Waals surface area contributed by atoms with E-state index in [-0.39, 0.29) is 24.9 Å². The fraction of sp³-hybridized carbons (Fsp3) is 0.467. The topological polar surface area (TPSA) is 66.8 Å². The molecule has 0 saturated carbocycles. The maximum atomic E-state index is 12.1. The molecule has 6 heteroatoms. The molecule has 1 heterocycles. The SMILES string of the molecule is O=C(O)CCC1CCN(C(=O)COc2cccc(Br)c2)C1. The highest BCUT2D eigenvalue weighted by molar-refractivity contribution is 9.10. The van der Waals surface area contributed by atoms with E-state index in [1.807, 2.05) is 18.2 Å². The highest BCUT2D eigenvalue weighted by Crippen LogP contribution is 2.22. The molecule has 0 bridgehead atoms. The van der Waals surface area contributed by atoms with E-state index in [2.05, 4.69) is 15.9 Å². The van der Waals surface area contributed by atoms with Gasteiger partial charge in [-0.3, -0.25) is 9.59 Å². The normalized spacial score (nSPS) is 17.8. The number of nitrogens with zero attached hydrogens (tertiary/aromatic N) is 1. The first-order valence-corrected chi connectivity index (χ1v) is 7.72. The Balaban J connectivity index is 1.75. The van der Waals surface area contributed by atoms with Gasteiger partial charge in [-0.15, -0.1) is 0 Å². The van der Waals surface area contributed by atoms with Crippen molar-refractivity contribution >= 4 is 27.8 Å². The quantitative estimate of drug-likeness (QED) is 0.851. The first-order chi connectivity index (χ1) is 10.0. The Morgan fingerprint density at radius 2 is 2.24 bits per heavy atom. The van der Waals surface area contributed by atoms with Gasteiger partial charge >= 0.3 is 5.97 Å². The lowest BCUT2D eigenvalue weighted by Crippen LogP contribution is -2.33. The van der Waals surface area contributed by atoms with Crippen LogP contribution in [-0.2, 0) is 9.59 Å². The van der Waals surface area contributed by atoms with E-state index < -0.39 is 5.97 Å². The molecule has 1 aromatic rings. The standard InChI is InChI=1S/C15H18BrNO4/c16-12-2-1-3-13(8-12)21-10-14(18)17-7-6-11(9-17)4-5-15(19)20/h1-3,8,11H,4-7,9-10H2,(H,19,20). The van der Waals surface area contributed by atoms with Crippen LogP contribution in [0.3, 0.4) is 0 Å². The predicted octanol–water partition coefficient (Wildman–Crippen LogP) is 2.54. The van der Waals surface area contributed by atoms with Gasteiger partial charge in [0.15, 0.2) is 6.61 Å². The molecule has 1 N–H and O–H groups in total. The summed E-state index contributed by atoms with van der Waals surface area (Å²) in [6.07, 6.45) is 1.67. The lowest BCUT2D eigenvalue weighted by atomic mass is 10.0. The zero-order valence-corrected chi connectivity index (χ0v) is 13.2. The number of carbonyl (C=O) groups excluding carboxylic acids is 1. The molecule has 1 aliphatic heterocycles. The fourth-order valence-corrected chi connectivity index (χ4v) is 2.79. The summed E-state index contributed by atoms with van der Waals surface area (Å²) in [6, 6.07) is 7.36. The van der Waals surface area contributed by atoms with Crippen molar-refractivity contribution in [1.82, 2.24) is 4.90 Å². The summed E-state index contributed by atoms with van der Waals surface area (Å²) >= 11 is 3.35. The molecule has 0 radical (unpaired) electrons. The molecule has 114 valence electrons. The van der Waals surface area contributed by atoms with E-state index >= 15 is 0 Å². The lowest BCUT2D eigenvalue weighted by Gasteiger charge is -2.16. The molecule has 21 heavy (non-hydrogen) atoms. The number of benzene rings is 1. The summed E-state index contributed by atoms with van der Waals surface area (Å²) < 4.78 is 6.38. The van der Waals surface area contributed by atoms with Crippen molar-refractivity contribution in [3.8, 4) is 5.75 Å². The summed E-state index contributed by atoms with van der Waals surface area (Å²) in [7, 11) is 0. The molecule has 1 saturated heterocycles. The van der Waals surface area contributed by atoms with E-state index in [1.165, 1.54) is 0 Å². The Kier molecular flexibility index (Phi) is 5.61. The van der Waals surface area contributed by atoms with E-state index in [0.29, 0.717) is 25.3 Å². The van der Waals surface area contributed by atoms with Gasteiger partial charge in [0.05, 0.1) is 0 Å². The number of carboxylic acids is 1. The van der Waals surface area contributed by atoms with Crippen molar-refractivity contribution in [3.05, 3.63) is 28.7 Å². The van der Waals surface area contributed by atoms with Crippen LogP contribution in [0.4, 0.5) is 0 Å². The van der Waals surface area contributed by atoms with Crippen molar-refractivity contribution in [3.63, 3.8) is 0 Å². The van der Waals surface area contributed by atoms with Gasteiger partial charge in [0, 0.05) is 24.0 Å². The van der Waals surface area contributed by atoms with Gasteiger partial charge in [0.1, 0.15) is 5.75 Å². The first-order valence-electron chi connectivity index (χ1n) is 6.92.